The first-order valence-electron chi connectivity index (χ1n) is 6.80. The van der Waals surface area contributed by atoms with E-state index in [1.807, 2.05) is 0 Å². The zero-order chi connectivity index (χ0) is 15.0. The monoisotopic (exact) mass is 288 g/mol. The Hall–Kier alpha value is -2.41. The number of carbonyl (C=O) groups excluding carboxylic acids is 3. The van der Waals surface area contributed by atoms with Crippen LogP contribution in [0.15, 0.2) is 24.3 Å². The van der Waals surface area contributed by atoms with E-state index in [0.717, 1.165) is 0 Å². The van der Waals surface area contributed by atoms with Crippen molar-refractivity contribution in [2.45, 2.75) is 6.04 Å². The summed E-state index contributed by atoms with van der Waals surface area (Å²) in [6.45, 7) is 0.814. The van der Waals surface area contributed by atoms with Crippen molar-refractivity contribution in [1.29, 1.82) is 0 Å². The number of carbonyl (C=O) groups is 3. The quantitative estimate of drug-likeness (QED) is 0.711. The summed E-state index contributed by atoms with van der Waals surface area (Å²) in [7, 11) is 0. The largest absolute Gasteiger partial charge is 0.337 e. The molecule has 110 valence electrons. The number of hydrogen-bond acceptors (Lipinski definition) is 4. The van der Waals surface area contributed by atoms with Crippen LogP contribution in [0.4, 0.5) is 5.69 Å². The number of hydrogen-bond donors (Lipinski definition) is 2. The topological polar surface area (TPSA) is 95.7 Å². The highest BCUT2D eigenvalue weighted by Gasteiger charge is 2.39. The summed E-state index contributed by atoms with van der Waals surface area (Å²) in [6, 6.07) is 6.25. The predicted molar refractivity (Wildman–Crippen MR) is 75.5 cm³/mol. The van der Waals surface area contributed by atoms with Gasteiger partial charge in [-0.1, -0.05) is 12.1 Å². The minimum absolute atomic E-state index is 0.0947. The highest BCUT2D eigenvalue weighted by molar-refractivity contribution is 6.10. The minimum Gasteiger partial charge on any atom is -0.337 e. The van der Waals surface area contributed by atoms with E-state index in [9.17, 15) is 14.4 Å². The Morgan fingerprint density at radius 1 is 1.29 bits per heavy atom. The first-order valence-corrected chi connectivity index (χ1v) is 6.80. The number of anilines is 1. The van der Waals surface area contributed by atoms with Gasteiger partial charge in [0.2, 0.25) is 11.8 Å². The van der Waals surface area contributed by atoms with E-state index in [0.29, 0.717) is 24.3 Å². The molecule has 0 radical (unpaired) electrons. The Balaban J connectivity index is 1.92. The molecule has 0 saturated carbocycles. The molecule has 7 heteroatoms. The smallest absolute Gasteiger partial charge is 0.256 e. The maximum absolute atomic E-state index is 12.6. The molecule has 1 saturated heterocycles. The molecule has 1 fully saturated rings. The predicted octanol–water partition coefficient (Wildman–Crippen LogP) is -0.750. The molecular weight excluding hydrogens is 272 g/mol. The first-order chi connectivity index (χ1) is 10.1. The zero-order valence-corrected chi connectivity index (χ0v) is 11.4. The van der Waals surface area contributed by atoms with E-state index < -0.39 is 6.04 Å². The Morgan fingerprint density at radius 2 is 2.05 bits per heavy atom. The van der Waals surface area contributed by atoms with Crippen LogP contribution in [-0.4, -0.2) is 59.7 Å². The van der Waals surface area contributed by atoms with Crippen LogP contribution >= 0.6 is 0 Å². The van der Waals surface area contributed by atoms with Gasteiger partial charge in [0.15, 0.2) is 0 Å². The lowest BCUT2D eigenvalue weighted by atomic mass is 10.1. The molecule has 2 aliphatic heterocycles. The van der Waals surface area contributed by atoms with E-state index in [4.69, 9.17) is 5.73 Å². The Morgan fingerprint density at radius 3 is 2.81 bits per heavy atom. The molecule has 7 nitrogen and oxygen atoms in total. The number of para-hydroxylation sites is 1. The summed E-state index contributed by atoms with van der Waals surface area (Å²) < 4.78 is 0. The average Bonchev–Trinajstić information content (AvgIpc) is 2.62. The van der Waals surface area contributed by atoms with Gasteiger partial charge < -0.3 is 20.9 Å². The Labute approximate surface area is 121 Å². The normalized spacial score (nSPS) is 21.3. The van der Waals surface area contributed by atoms with E-state index in [1.54, 1.807) is 24.3 Å². The maximum Gasteiger partial charge on any atom is 0.256 e. The summed E-state index contributed by atoms with van der Waals surface area (Å²) in [5.41, 5.74) is 6.35. The second-order valence-corrected chi connectivity index (χ2v) is 5.09. The molecule has 3 rings (SSSR count). The van der Waals surface area contributed by atoms with Gasteiger partial charge in [-0.05, 0) is 12.1 Å². The Bertz CT molecular complexity index is 616. The van der Waals surface area contributed by atoms with E-state index >= 15 is 0 Å². The first kappa shape index (κ1) is 13.6. The summed E-state index contributed by atoms with van der Waals surface area (Å²) in [4.78, 5) is 39.7. The number of fused-ring (bicyclic) bond motifs is 2. The third-order valence-corrected chi connectivity index (χ3v) is 3.89. The van der Waals surface area contributed by atoms with Gasteiger partial charge in [0.25, 0.3) is 5.91 Å². The molecule has 0 aromatic heterocycles. The number of nitrogens with two attached hydrogens (primary N) is 1. The lowest BCUT2D eigenvalue weighted by Crippen LogP contribution is -2.60. The van der Waals surface area contributed by atoms with E-state index in [-0.39, 0.29) is 30.8 Å². The third-order valence-electron chi connectivity index (χ3n) is 3.89. The van der Waals surface area contributed by atoms with Crippen molar-refractivity contribution in [3.8, 4) is 0 Å². The molecule has 1 aromatic rings. The van der Waals surface area contributed by atoms with Crippen LogP contribution in [0.5, 0.6) is 0 Å². The summed E-state index contributed by atoms with van der Waals surface area (Å²) in [5, 5.41) is 2.76. The lowest BCUT2D eigenvalue weighted by molar-refractivity contribution is -0.134. The molecule has 0 bridgehead atoms. The van der Waals surface area contributed by atoms with Crippen LogP contribution in [0, 0.1) is 0 Å². The van der Waals surface area contributed by atoms with E-state index in [1.165, 1.54) is 9.80 Å². The van der Waals surface area contributed by atoms with Gasteiger partial charge in [-0.15, -0.1) is 0 Å². The van der Waals surface area contributed by atoms with Crippen LogP contribution in [0.3, 0.4) is 0 Å². The number of nitrogens with one attached hydrogen (secondary N) is 1. The summed E-state index contributed by atoms with van der Waals surface area (Å²) >= 11 is 0. The number of piperazine rings is 1. The second kappa shape index (κ2) is 5.17. The fourth-order valence-corrected chi connectivity index (χ4v) is 2.76. The minimum atomic E-state index is -0.672. The molecular formula is C14H16N4O3. The average molecular weight is 288 g/mol. The van der Waals surface area contributed by atoms with Crippen LogP contribution in [-0.2, 0) is 9.59 Å². The van der Waals surface area contributed by atoms with Gasteiger partial charge >= 0.3 is 0 Å². The van der Waals surface area contributed by atoms with Gasteiger partial charge in [0.1, 0.15) is 6.04 Å². The summed E-state index contributed by atoms with van der Waals surface area (Å²) in [5.74, 6) is -0.673. The van der Waals surface area contributed by atoms with Crippen molar-refractivity contribution in [2.75, 3.05) is 31.5 Å². The van der Waals surface area contributed by atoms with Gasteiger partial charge in [-0.3, -0.25) is 14.4 Å². The fourth-order valence-electron chi connectivity index (χ4n) is 2.76. The molecule has 3 amide bonds. The second-order valence-electron chi connectivity index (χ2n) is 5.09. The molecule has 1 aromatic carbocycles. The molecule has 21 heavy (non-hydrogen) atoms. The van der Waals surface area contributed by atoms with Crippen molar-refractivity contribution >= 4 is 23.4 Å². The van der Waals surface area contributed by atoms with Gasteiger partial charge in [0.05, 0.1) is 24.3 Å². The standard InChI is InChI=1S/C14H16N4O3/c15-7-12(19)17-5-6-18-11(8-17)13(20)16-10-4-2-1-3-9(10)14(18)21/h1-4,11H,5-8,15H2,(H,16,20). The SMILES string of the molecule is NCC(=O)N1CCN2C(=O)c3ccccc3NC(=O)C2C1. The fraction of sp³-hybridized carbons (Fsp3) is 0.357. The highest BCUT2D eigenvalue weighted by Crippen LogP contribution is 2.25. The molecule has 2 aliphatic rings. The number of amides is 3. The molecule has 0 aliphatic carbocycles. The number of benzene rings is 1. The molecule has 1 unspecified atom stereocenters. The van der Waals surface area contributed by atoms with Crippen molar-refractivity contribution < 1.29 is 14.4 Å². The van der Waals surface area contributed by atoms with Crippen LogP contribution < -0.4 is 11.1 Å². The summed E-state index contributed by atoms with van der Waals surface area (Å²) in [6.07, 6.45) is 0. The number of nitrogens with zero attached hydrogens (tertiary/aromatic N) is 2. The molecule has 3 N–H and O–H groups in total. The van der Waals surface area contributed by atoms with Gasteiger partial charge in [-0.25, -0.2) is 0 Å². The lowest BCUT2D eigenvalue weighted by Gasteiger charge is -2.39. The van der Waals surface area contributed by atoms with Crippen molar-refractivity contribution in [3.63, 3.8) is 0 Å². The molecule has 2 heterocycles. The van der Waals surface area contributed by atoms with Gasteiger partial charge in [-0.2, -0.15) is 0 Å². The van der Waals surface area contributed by atoms with Crippen molar-refractivity contribution in [1.82, 2.24) is 9.80 Å². The molecule has 1 atom stereocenters. The highest BCUT2D eigenvalue weighted by atomic mass is 16.2. The van der Waals surface area contributed by atoms with Crippen molar-refractivity contribution in [2.24, 2.45) is 5.73 Å². The number of rotatable bonds is 1. The zero-order valence-electron chi connectivity index (χ0n) is 11.4. The Kier molecular flexibility index (Phi) is 3.34. The molecule has 0 spiro atoms. The van der Waals surface area contributed by atoms with E-state index in [2.05, 4.69) is 5.32 Å². The maximum atomic E-state index is 12.6. The van der Waals surface area contributed by atoms with Crippen LogP contribution in [0.1, 0.15) is 10.4 Å². The third kappa shape index (κ3) is 2.25. The van der Waals surface area contributed by atoms with Crippen LogP contribution in [0.2, 0.25) is 0 Å². The van der Waals surface area contributed by atoms with Crippen LogP contribution in [0.25, 0.3) is 0 Å². The van der Waals surface area contributed by atoms with Crippen molar-refractivity contribution in [3.05, 3.63) is 29.8 Å². The van der Waals surface area contributed by atoms with Gasteiger partial charge in [0, 0.05) is 13.1 Å².